The number of carbonyl (C=O) groups excluding carboxylic acids is 3. The van der Waals surface area contributed by atoms with Crippen LogP contribution in [-0.2, 0) is 21.1 Å². The molecule has 0 saturated heterocycles. The molecule has 2 amide bonds. The first-order chi connectivity index (χ1) is 38.7. The fourth-order valence-electron chi connectivity index (χ4n) is 8.01. The van der Waals surface area contributed by atoms with Crippen LogP contribution >= 0.6 is 35.3 Å². The van der Waals surface area contributed by atoms with E-state index in [4.69, 9.17) is 19.3 Å². The number of nitrogens with zero attached hydrogens (tertiary/aromatic N) is 4. The number of carbonyl (C=O) groups is 3. The van der Waals surface area contributed by atoms with E-state index in [1.54, 1.807) is 78.5 Å². The molecule has 2 heterocycles. The van der Waals surface area contributed by atoms with Crippen LogP contribution in [-0.4, -0.2) is 73.5 Å². The number of para-hydroxylation sites is 2. The van der Waals surface area contributed by atoms with Crippen molar-refractivity contribution >= 4 is 78.5 Å². The normalized spacial score (nSPS) is 15.5. The van der Waals surface area contributed by atoms with Gasteiger partial charge in [0.05, 0.1) is 16.8 Å². The molecule has 0 aliphatic carbocycles. The Morgan fingerprint density at radius 3 is 1.58 bits per heavy atom. The molecule has 0 aromatic heterocycles. The van der Waals surface area contributed by atoms with Crippen molar-refractivity contribution in [3.05, 3.63) is 225 Å². The maximum atomic E-state index is 14.7. The average Bonchev–Trinajstić information content (AvgIpc) is 4.34. The lowest BCUT2D eigenvalue weighted by Gasteiger charge is -2.24. The van der Waals surface area contributed by atoms with Gasteiger partial charge in [0.15, 0.2) is 17.3 Å². The number of hydrogen-bond acceptors (Lipinski definition) is 12. The molecular weight excluding hydrogens is 1150 g/mol. The minimum absolute atomic E-state index is 0.0762. The van der Waals surface area contributed by atoms with Crippen molar-refractivity contribution in [2.24, 2.45) is 15.3 Å². The molecule has 0 fully saturated rings. The van der Waals surface area contributed by atoms with Gasteiger partial charge in [-0.05, 0) is 103 Å². The van der Waals surface area contributed by atoms with Crippen LogP contribution in [0.4, 0.5) is 35.1 Å². The van der Waals surface area contributed by atoms with Gasteiger partial charge in [-0.1, -0.05) is 66.0 Å². The number of ketones is 1. The number of ether oxygens (including phenoxy) is 3. The summed E-state index contributed by atoms with van der Waals surface area (Å²) in [5.74, 6) is -6.16. The molecule has 2 N–H and O–H groups in total. The van der Waals surface area contributed by atoms with Crippen LogP contribution in [0.3, 0.4) is 0 Å². The maximum Gasteiger partial charge on any atom is 0.281 e. The molecule has 81 heavy (non-hydrogen) atoms. The number of hydrazone groups is 2. The summed E-state index contributed by atoms with van der Waals surface area (Å²) in [6, 6.07) is 30.4. The van der Waals surface area contributed by atoms with E-state index in [2.05, 4.69) is 16.1 Å². The lowest BCUT2D eigenvalue weighted by molar-refractivity contribution is -0.121. The Morgan fingerprint density at radius 1 is 0.630 bits per heavy atom. The number of methoxy groups -OCH3 is 1. The first-order valence-corrected chi connectivity index (χ1v) is 28.9. The van der Waals surface area contributed by atoms with E-state index >= 15 is 0 Å². The second kappa shape index (κ2) is 26.3. The van der Waals surface area contributed by atoms with Gasteiger partial charge in [-0.2, -0.15) is 22.0 Å². The molecule has 420 valence electrons. The van der Waals surface area contributed by atoms with Gasteiger partial charge in [-0.15, -0.1) is 0 Å². The molecule has 7 aromatic rings. The number of nitrogens with two attached hydrogens (primary N) is 1. The van der Waals surface area contributed by atoms with Gasteiger partial charge in [0, 0.05) is 57.8 Å². The summed E-state index contributed by atoms with van der Waals surface area (Å²) >= 11 is 3.78. The Morgan fingerprint density at radius 2 is 1.10 bits per heavy atom. The predicted molar refractivity (Wildman–Crippen MR) is 298 cm³/mol. The summed E-state index contributed by atoms with van der Waals surface area (Å²) in [4.78, 5) is 39.6. The van der Waals surface area contributed by atoms with E-state index in [0.717, 1.165) is 51.3 Å². The summed E-state index contributed by atoms with van der Waals surface area (Å²) in [5, 5.41) is 14.6. The molecule has 0 radical (unpaired) electrons. The lowest BCUT2D eigenvalue weighted by Crippen LogP contribution is -2.28. The molecule has 0 saturated carbocycles. The number of Topliss-reactive ketones (excluding diaryl/α,β-unsaturated/α-hetero) is 1. The Hall–Kier alpha value is -7.64. The van der Waals surface area contributed by atoms with Crippen LogP contribution < -0.4 is 19.3 Å². The van der Waals surface area contributed by atoms with Crippen LogP contribution in [0.2, 0.25) is 0 Å². The number of rotatable bonds is 18. The third-order valence-electron chi connectivity index (χ3n) is 11.9. The van der Waals surface area contributed by atoms with Crippen LogP contribution in [0.15, 0.2) is 155 Å². The highest BCUT2D eigenvalue weighted by molar-refractivity contribution is 8.15. The van der Waals surface area contributed by atoms with Crippen molar-refractivity contribution in [2.45, 2.75) is 35.1 Å². The number of halogens is 8. The van der Waals surface area contributed by atoms with Crippen molar-refractivity contribution < 1.29 is 67.9 Å². The minimum Gasteiger partial charge on any atom is -0.492 e. The average molecular weight is 1190 g/mol. The van der Waals surface area contributed by atoms with Gasteiger partial charge in [-0.25, -0.2) is 49.4 Å². The SMILES string of the molecule is C=S(N)(=O)c1ccc(COc2cccc(C3SC(c4ccc(F)cc4)=NN3C(=O)c3c(F)cc(F)cc3F)c2OC)cc1.CSCCCC(=O)COc1ccccc1C1SC(c2ccc(F)cc2)=NN1C(=O)c1c(F)cc(F)cc1F. The number of thioether (sulfide) groups is 3. The van der Waals surface area contributed by atoms with Crippen LogP contribution in [0.5, 0.6) is 17.2 Å². The Labute approximate surface area is 472 Å². The van der Waals surface area contributed by atoms with Crippen LogP contribution in [0.25, 0.3) is 0 Å². The minimum atomic E-state index is -2.87. The zero-order valence-corrected chi connectivity index (χ0v) is 45.8. The predicted octanol–water partition coefficient (Wildman–Crippen LogP) is 12.6. The molecule has 2 aliphatic heterocycles. The molecule has 2 aliphatic rings. The molecule has 3 unspecified atom stereocenters. The molecule has 3 atom stereocenters. The Bertz CT molecular complexity index is 3630. The Balaban J connectivity index is 0.000000214. The molecular formula is C57H45F8N5O7S4. The van der Waals surface area contributed by atoms with Gasteiger partial charge in [0.25, 0.3) is 11.8 Å². The third-order valence-corrected chi connectivity index (χ3v) is 16.1. The van der Waals surface area contributed by atoms with E-state index in [1.165, 1.54) is 55.6 Å². The first-order valence-electron chi connectivity index (χ1n) is 24.0. The molecule has 12 nitrogen and oxygen atoms in total. The number of hydrogen-bond donors (Lipinski definition) is 1. The zero-order valence-electron chi connectivity index (χ0n) is 42.6. The fraction of sp³-hybridized carbons (Fsp3) is 0.158. The summed E-state index contributed by atoms with van der Waals surface area (Å²) in [7, 11) is -1.48. The summed E-state index contributed by atoms with van der Waals surface area (Å²) in [6.45, 7) is -0.115. The quantitative estimate of drug-likeness (QED) is 0.0499. The molecule has 7 aromatic carbocycles. The number of amides is 2. The largest absolute Gasteiger partial charge is 0.492 e. The highest BCUT2D eigenvalue weighted by Gasteiger charge is 2.40. The van der Waals surface area contributed by atoms with Crippen molar-refractivity contribution in [1.82, 2.24) is 10.0 Å². The summed E-state index contributed by atoms with van der Waals surface area (Å²) in [5.41, 5.74) is 0.475. The van der Waals surface area contributed by atoms with Crippen molar-refractivity contribution in [3.63, 3.8) is 0 Å². The third kappa shape index (κ3) is 14.3. The molecule has 9 rings (SSSR count). The maximum absolute atomic E-state index is 14.7. The van der Waals surface area contributed by atoms with Crippen molar-refractivity contribution in [1.29, 1.82) is 0 Å². The lowest BCUT2D eigenvalue weighted by atomic mass is 10.1. The smallest absolute Gasteiger partial charge is 0.281 e. The van der Waals surface area contributed by atoms with Crippen molar-refractivity contribution in [2.75, 3.05) is 25.7 Å². The summed E-state index contributed by atoms with van der Waals surface area (Å²) in [6.07, 6.45) is 3.03. The van der Waals surface area contributed by atoms with Gasteiger partial charge < -0.3 is 14.2 Å². The number of benzene rings is 7. The van der Waals surface area contributed by atoms with Crippen molar-refractivity contribution in [3.8, 4) is 17.2 Å². The molecule has 0 bridgehead atoms. The molecule has 24 heteroatoms. The Kier molecular flexibility index (Phi) is 19.3. The highest BCUT2D eigenvalue weighted by Crippen LogP contribution is 2.49. The highest BCUT2D eigenvalue weighted by atomic mass is 32.2. The van der Waals surface area contributed by atoms with E-state index in [0.29, 0.717) is 57.8 Å². The van der Waals surface area contributed by atoms with E-state index in [1.807, 2.05) is 6.26 Å². The zero-order chi connectivity index (χ0) is 58.1. The van der Waals surface area contributed by atoms with Gasteiger partial charge >= 0.3 is 0 Å². The summed E-state index contributed by atoms with van der Waals surface area (Å²) < 4.78 is 142. The van der Waals surface area contributed by atoms with Gasteiger partial charge in [0.2, 0.25) is 0 Å². The standard InChI is InChI=1S/C30H23F4N3O4S2.C27H22F4N2O3S2/c1-40-27-22(4-3-5-25(27)41-16-17-6-12-21(13-7-17)43(2,35)39)30-37(29(38)26-23(33)14-20(32)15-24(26)34)36-28(42-30)18-8-10-19(31)11-9-18;1-37-12-4-5-19(34)15-36-23-7-3-2-6-20(23)27-33(26(35)24-21(30)13-18(29)14-22(24)31)32-25(38-27)16-8-10-17(28)11-9-16/h3-15,30H,2,16H2,1H3,(H2,35,39);2-3,6-11,13-14,27H,4-5,12,15H2,1H3. The van der Waals surface area contributed by atoms with Crippen LogP contribution in [0.1, 0.15) is 72.1 Å². The van der Waals surface area contributed by atoms with Gasteiger partial charge in [0.1, 0.15) is 97.5 Å². The molecule has 0 spiro atoms. The second-order valence-corrected chi connectivity index (χ2v) is 22.6. The van der Waals surface area contributed by atoms with Crippen LogP contribution in [0, 0.1) is 46.5 Å². The monoisotopic (exact) mass is 1190 g/mol. The van der Waals surface area contributed by atoms with E-state index in [-0.39, 0.29) is 46.3 Å². The fourth-order valence-corrected chi connectivity index (χ4v) is 11.4. The van der Waals surface area contributed by atoms with E-state index in [9.17, 15) is 53.7 Å². The second-order valence-electron chi connectivity index (χ2n) is 17.6. The topological polar surface area (TPSA) is 153 Å². The van der Waals surface area contributed by atoms with Gasteiger partial charge in [-0.3, -0.25) is 19.5 Å². The van der Waals surface area contributed by atoms with E-state index < -0.39 is 89.9 Å². The first kappa shape index (κ1) is 59.5.